The molecule has 1 N–H and O–H groups in total. The molecule has 0 amide bonds. The standard InChI is InChI=1S/C11H15NO/c1-3-6-11(13,4-2)10(9-12)7-5-8-10/h2,13H,3,5-8H2,1H3/t11-/m1/s1. The van der Waals surface area contributed by atoms with Crippen LogP contribution in [0.3, 0.4) is 0 Å². The van der Waals surface area contributed by atoms with Gasteiger partial charge in [-0.3, -0.25) is 0 Å². The van der Waals surface area contributed by atoms with Crippen molar-refractivity contribution in [3.63, 3.8) is 0 Å². The first kappa shape index (κ1) is 10.1. The van der Waals surface area contributed by atoms with E-state index < -0.39 is 11.0 Å². The molecule has 0 saturated heterocycles. The Balaban J connectivity index is 2.88. The lowest BCUT2D eigenvalue weighted by Gasteiger charge is -2.45. The van der Waals surface area contributed by atoms with Crippen LogP contribution in [-0.4, -0.2) is 10.7 Å². The maximum atomic E-state index is 10.1. The Hall–Kier alpha value is -0.990. The SMILES string of the molecule is C#C[C@@](O)(CCC)C1(C#N)CCC1. The fourth-order valence-corrected chi connectivity index (χ4v) is 1.96. The summed E-state index contributed by atoms with van der Waals surface area (Å²) < 4.78 is 0. The van der Waals surface area contributed by atoms with E-state index >= 15 is 0 Å². The van der Waals surface area contributed by atoms with Gasteiger partial charge in [-0.05, 0) is 25.7 Å². The molecule has 0 unspecified atom stereocenters. The fourth-order valence-electron chi connectivity index (χ4n) is 1.96. The normalized spacial score (nSPS) is 23.4. The van der Waals surface area contributed by atoms with Gasteiger partial charge in [0.15, 0.2) is 0 Å². The molecule has 0 aromatic rings. The summed E-state index contributed by atoms with van der Waals surface area (Å²) >= 11 is 0. The average Bonchev–Trinajstić information content (AvgIpc) is 2.04. The Morgan fingerprint density at radius 3 is 2.46 bits per heavy atom. The average molecular weight is 177 g/mol. The first-order valence-corrected chi connectivity index (χ1v) is 4.75. The molecule has 1 aliphatic rings. The van der Waals surface area contributed by atoms with Crippen LogP contribution in [0.25, 0.3) is 0 Å². The lowest BCUT2D eigenvalue weighted by molar-refractivity contribution is -0.0539. The quantitative estimate of drug-likeness (QED) is 0.668. The van der Waals surface area contributed by atoms with Gasteiger partial charge in [0.2, 0.25) is 0 Å². The van der Waals surface area contributed by atoms with Crippen LogP contribution in [0.2, 0.25) is 0 Å². The summed E-state index contributed by atoms with van der Waals surface area (Å²) in [5.74, 6) is 2.41. The molecule has 1 fully saturated rings. The maximum absolute atomic E-state index is 10.1. The van der Waals surface area contributed by atoms with Crippen LogP contribution in [0.15, 0.2) is 0 Å². The Labute approximate surface area is 79.6 Å². The third-order valence-electron chi connectivity index (χ3n) is 3.06. The summed E-state index contributed by atoms with van der Waals surface area (Å²) in [4.78, 5) is 0. The highest BCUT2D eigenvalue weighted by Gasteiger charge is 2.53. The number of nitrogens with zero attached hydrogens (tertiary/aromatic N) is 1. The lowest BCUT2D eigenvalue weighted by Crippen LogP contribution is -2.50. The summed E-state index contributed by atoms with van der Waals surface area (Å²) in [6, 6.07) is 2.20. The minimum atomic E-state index is -1.20. The fraction of sp³-hybridized carbons (Fsp3) is 0.727. The second-order valence-electron chi connectivity index (χ2n) is 3.80. The molecular weight excluding hydrogens is 162 g/mol. The predicted octanol–water partition coefficient (Wildman–Crippen LogP) is 1.84. The molecule has 13 heavy (non-hydrogen) atoms. The second kappa shape index (κ2) is 3.40. The molecule has 1 aliphatic carbocycles. The van der Waals surface area contributed by atoms with Crippen molar-refractivity contribution in [2.45, 2.75) is 44.6 Å². The first-order chi connectivity index (χ1) is 6.14. The van der Waals surface area contributed by atoms with Crippen molar-refractivity contribution in [3.8, 4) is 18.4 Å². The highest BCUT2D eigenvalue weighted by molar-refractivity contribution is 5.25. The summed E-state index contributed by atoms with van der Waals surface area (Å²) in [6.45, 7) is 1.96. The van der Waals surface area contributed by atoms with E-state index in [0.717, 1.165) is 25.7 Å². The summed E-state index contributed by atoms with van der Waals surface area (Å²) in [5, 5.41) is 19.2. The molecule has 0 spiro atoms. The monoisotopic (exact) mass is 177 g/mol. The van der Waals surface area contributed by atoms with Crippen molar-refractivity contribution in [2.24, 2.45) is 5.41 Å². The van der Waals surface area contributed by atoms with Gasteiger partial charge in [-0.25, -0.2) is 0 Å². The molecular formula is C11H15NO. The Morgan fingerprint density at radius 2 is 2.23 bits per heavy atom. The van der Waals surface area contributed by atoms with E-state index in [9.17, 15) is 5.11 Å². The number of terminal acetylenes is 1. The molecule has 1 atom stereocenters. The third-order valence-corrected chi connectivity index (χ3v) is 3.06. The molecule has 0 heterocycles. The maximum Gasteiger partial charge on any atom is 0.143 e. The van der Waals surface area contributed by atoms with Crippen molar-refractivity contribution in [1.82, 2.24) is 0 Å². The third kappa shape index (κ3) is 1.32. The zero-order valence-electron chi connectivity index (χ0n) is 8.01. The number of hydrogen-bond donors (Lipinski definition) is 1. The van der Waals surface area contributed by atoms with Gasteiger partial charge in [-0.1, -0.05) is 19.3 Å². The minimum Gasteiger partial charge on any atom is -0.376 e. The van der Waals surface area contributed by atoms with Crippen molar-refractivity contribution in [1.29, 1.82) is 5.26 Å². The van der Waals surface area contributed by atoms with Gasteiger partial charge in [0, 0.05) is 0 Å². The van der Waals surface area contributed by atoms with Crippen LogP contribution in [0, 0.1) is 29.1 Å². The van der Waals surface area contributed by atoms with Crippen LogP contribution >= 0.6 is 0 Å². The van der Waals surface area contributed by atoms with Crippen LogP contribution in [0.4, 0.5) is 0 Å². The number of aliphatic hydroxyl groups is 1. The molecule has 0 aromatic carbocycles. The largest absolute Gasteiger partial charge is 0.376 e. The zero-order valence-corrected chi connectivity index (χ0v) is 8.01. The van der Waals surface area contributed by atoms with Crippen LogP contribution < -0.4 is 0 Å². The van der Waals surface area contributed by atoms with Gasteiger partial charge in [-0.2, -0.15) is 5.26 Å². The molecule has 70 valence electrons. The smallest absolute Gasteiger partial charge is 0.143 e. The van der Waals surface area contributed by atoms with Gasteiger partial charge in [-0.15, -0.1) is 6.42 Å². The molecule has 1 saturated carbocycles. The van der Waals surface area contributed by atoms with Crippen LogP contribution in [0.5, 0.6) is 0 Å². The van der Waals surface area contributed by atoms with Crippen molar-refractivity contribution < 1.29 is 5.11 Å². The Morgan fingerprint density at radius 1 is 1.62 bits per heavy atom. The predicted molar refractivity (Wildman–Crippen MR) is 50.6 cm³/mol. The second-order valence-corrected chi connectivity index (χ2v) is 3.80. The van der Waals surface area contributed by atoms with E-state index in [1.807, 2.05) is 6.92 Å². The van der Waals surface area contributed by atoms with Crippen LogP contribution in [-0.2, 0) is 0 Å². The molecule has 1 rings (SSSR count). The summed E-state index contributed by atoms with van der Waals surface area (Å²) in [6.07, 6.45) is 9.13. The van der Waals surface area contributed by atoms with Gasteiger partial charge in [0.25, 0.3) is 0 Å². The van der Waals surface area contributed by atoms with Crippen LogP contribution in [0.1, 0.15) is 39.0 Å². The Bertz CT molecular complexity index is 267. The van der Waals surface area contributed by atoms with Gasteiger partial charge in [0.05, 0.1) is 11.5 Å². The minimum absolute atomic E-state index is 0.525. The zero-order chi connectivity index (χ0) is 9.95. The van der Waals surface area contributed by atoms with E-state index in [2.05, 4.69) is 12.0 Å². The number of nitriles is 1. The van der Waals surface area contributed by atoms with E-state index in [0.29, 0.717) is 6.42 Å². The summed E-state index contributed by atoms with van der Waals surface area (Å²) in [7, 11) is 0. The van der Waals surface area contributed by atoms with Crippen molar-refractivity contribution in [3.05, 3.63) is 0 Å². The van der Waals surface area contributed by atoms with Gasteiger partial charge >= 0.3 is 0 Å². The van der Waals surface area contributed by atoms with Crippen molar-refractivity contribution >= 4 is 0 Å². The van der Waals surface area contributed by atoms with E-state index in [1.165, 1.54) is 0 Å². The molecule has 0 bridgehead atoms. The van der Waals surface area contributed by atoms with Gasteiger partial charge in [0.1, 0.15) is 5.60 Å². The number of rotatable bonds is 3. The molecule has 0 radical (unpaired) electrons. The Kier molecular flexibility index (Phi) is 2.64. The number of hydrogen-bond acceptors (Lipinski definition) is 2. The molecule has 2 nitrogen and oxygen atoms in total. The van der Waals surface area contributed by atoms with E-state index in [1.54, 1.807) is 0 Å². The highest BCUT2D eigenvalue weighted by Crippen LogP contribution is 2.50. The first-order valence-electron chi connectivity index (χ1n) is 4.75. The van der Waals surface area contributed by atoms with E-state index in [4.69, 9.17) is 11.7 Å². The molecule has 2 heteroatoms. The lowest BCUT2D eigenvalue weighted by atomic mass is 9.58. The molecule has 0 aromatic heterocycles. The highest BCUT2D eigenvalue weighted by atomic mass is 16.3. The topological polar surface area (TPSA) is 44.0 Å². The summed E-state index contributed by atoms with van der Waals surface area (Å²) in [5.41, 5.74) is -1.85. The molecule has 0 aliphatic heterocycles. The van der Waals surface area contributed by atoms with E-state index in [-0.39, 0.29) is 0 Å². The van der Waals surface area contributed by atoms with Crippen molar-refractivity contribution in [2.75, 3.05) is 0 Å². The van der Waals surface area contributed by atoms with Gasteiger partial charge < -0.3 is 5.11 Å².